The number of rotatable bonds is 4. The summed E-state index contributed by atoms with van der Waals surface area (Å²) in [5.74, 6) is 2.55. The lowest BCUT2D eigenvalue weighted by molar-refractivity contribution is 0.748. The van der Waals surface area contributed by atoms with Crippen LogP contribution in [0.25, 0.3) is 0 Å². The van der Waals surface area contributed by atoms with Crippen molar-refractivity contribution in [1.82, 2.24) is 9.97 Å². The fourth-order valence-corrected chi connectivity index (χ4v) is 2.95. The van der Waals surface area contributed by atoms with E-state index in [1.54, 1.807) is 0 Å². The van der Waals surface area contributed by atoms with Crippen molar-refractivity contribution in [2.24, 2.45) is 0 Å². The highest BCUT2D eigenvalue weighted by atomic mass is 15.1. The number of hydrogen-bond donors (Lipinski definition) is 2. The van der Waals surface area contributed by atoms with Crippen molar-refractivity contribution in [2.75, 3.05) is 10.6 Å². The standard InChI is InChI=1S/C18H24N4/c1-12-8-9-16(10-13(12)2)22-18-11-17(19-14(3)20-18)21-15-6-4-5-7-15/h8-11,15H,4-7H2,1-3H3,(H2,19,20,21,22). The van der Waals surface area contributed by atoms with Crippen molar-refractivity contribution in [3.8, 4) is 0 Å². The van der Waals surface area contributed by atoms with E-state index in [1.807, 2.05) is 13.0 Å². The van der Waals surface area contributed by atoms with E-state index in [0.29, 0.717) is 6.04 Å². The molecule has 0 atom stereocenters. The normalized spacial score (nSPS) is 15.0. The van der Waals surface area contributed by atoms with Gasteiger partial charge in [-0.2, -0.15) is 0 Å². The molecule has 3 rings (SSSR count). The van der Waals surface area contributed by atoms with Gasteiger partial charge < -0.3 is 10.6 Å². The Morgan fingerprint density at radius 3 is 2.36 bits per heavy atom. The lowest BCUT2D eigenvalue weighted by atomic mass is 10.1. The van der Waals surface area contributed by atoms with E-state index in [1.165, 1.54) is 36.8 Å². The van der Waals surface area contributed by atoms with Crippen LogP contribution in [0.1, 0.15) is 42.6 Å². The molecule has 0 amide bonds. The number of nitrogens with one attached hydrogen (secondary N) is 2. The Morgan fingerprint density at radius 1 is 0.909 bits per heavy atom. The van der Waals surface area contributed by atoms with Crippen molar-refractivity contribution < 1.29 is 0 Å². The molecule has 0 radical (unpaired) electrons. The molecule has 1 saturated carbocycles. The van der Waals surface area contributed by atoms with E-state index in [-0.39, 0.29) is 0 Å². The lowest BCUT2D eigenvalue weighted by Gasteiger charge is -2.15. The molecule has 4 nitrogen and oxygen atoms in total. The Labute approximate surface area is 132 Å². The minimum atomic E-state index is 0.559. The number of aryl methyl sites for hydroxylation is 3. The summed E-state index contributed by atoms with van der Waals surface area (Å²) in [5, 5.41) is 6.92. The third kappa shape index (κ3) is 3.56. The Kier molecular flexibility index (Phi) is 4.27. The Balaban J connectivity index is 1.77. The molecule has 0 saturated heterocycles. The molecule has 1 aliphatic rings. The van der Waals surface area contributed by atoms with Crippen LogP contribution < -0.4 is 10.6 Å². The second-order valence-electron chi connectivity index (χ2n) is 6.24. The summed E-state index contributed by atoms with van der Waals surface area (Å²) in [7, 11) is 0. The van der Waals surface area contributed by atoms with Crippen molar-refractivity contribution in [2.45, 2.75) is 52.5 Å². The first kappa shape index (κ1) is 14.8. The minimum Gasteiger partial charge on any atom is -0.367 e. The van der Waals surface area contributed by atoms with Crippen LogP contribution in [0.3, 0.4) is 0 Å². The van der Waals surface area contributed by atoms with Crippen LogP contribution >= 0.6 is 0 Å². The SMILES string of the molecule is Cc1nc(Nc2ccc(C)c(C)c2)cc(NC2CCCC2)n1. The van der Waals surface area contributed by atoms with Gasteiger partial charge >= 0.3 is 0 Å². The van der Waals surface area contributed by atoms with Gasteiger partial charge in [-0.05, 0) is 56.9 Å². The molecule has 1 fully saturated rings. The van der Waals surface area contributed by atoms with Gasteiger partial charge in [-0.1, -0.05) is 18.9 Å². The molecular weight excluding hydrogens is 272 g/mol. The molecule has 0 spiro atoms. The monoisotopic (exact) mass is 296 g/mol. The highest BCUT2D eigenvalue weighted by molar-refractivity contribution is 5.60. The number of nitrogens with zero attached hydrogens (tertiary/aromatic N) is 2. The van der Waals surface area contributed by atoms with Crippen LogP contribution in [0.15, 0.2) is 24.3 Å². The predicted octanol–water partition coefficient (Wildman–Crippen LogP) is 4.50. The van der Waals surface area contributed by atoms with Gasteiger partial charge in [0.2, 0.25) is 0 Å². The number of benzene rings is 1. The topological polar surface area (TPSA) is 49.8 Å². The van der Waals surface area contributed by atoms with Crippen molar-refractivity contribution >= 4 is 17.3 Å². The summed E-state index contributed by atoms with van der Waals surface area (Å²) in [6.45, 7) is 6.18. The maximum atomic E-state index is 4.51. The van der Waals surface area contributed by atoms with Crippen molar-refractivity contribution in [1.29, 1.82) is 0 Å². The Bertz CT molecular complexity index is 660. The van der Waals surface area contributed by atoms with Crippen LogP contribution in [0.2, 0.25) is 0 Å². The molecule has 22 heavy (non-hydrogen) atoms. The van der Waals surface area contributed by atoms with Crippen LogP contribution in [0.5, 0.6) is 0 Å². The van der Waals surface area contributed by atoms with E-state index in [0.717, 1.165) is 23.1 Å². The minimum absolute atomic E-state index is 0.559. The van der Waals surface area contributed by atoms with Crippen LogP contribution in [-0.2, 0) is 0 Å². The average Bonchev–Trinajstić information content (AvgIpc) is 2.95. The fourth-order valence-electron chi connectivity index (χ4n) is 2.95. The molecule has 1 aromatic heterocycles. The predicted molar refractivity (Wildman–Crippen MR) is 91.8 cm³/mol. The molecule has 0 unspecified atom stereocenters. The molecule has 1 aromatic carbocycles. The average molecular weight is 296 g/mol. The van der Waals surface area contributed by atoms with E-state index in [2.05, 4.69) is 52.6 Å². The molecule has 1 aliphatic carbocycles. The summed E-state index contributed by atoms with van der Waals surface area (Å²) in [6, 6.07) is 8.92. The van der Waals surface area contributed by atoms with E-state index in [9.17, 15) is 0 Å². The molecular formula is C18H24N4. The first-order valence-electron chi connectivity index (χ1n) is 8.06. The maximum Gasteiger partial charge on any atom is 0.136 e. The highest BCUT2D eigenvalue weighted by Gasteiger charge is 2.15. The second kappa shape index (κ2) is 6.34. The molecule has 0 aliphatic heterocycles. The number of aromatic nitrogens is 2. The van der Waals surface area contributed by atoms with Crippen LogP contribution in [0.4, 0.5) is 17.3 Å². The third-order valence-corrected chi connectivity index (χ3v) is 4.32. The van der Waals surface area contributed by atoms with Gasteiger partial charge in [0.15, 0.2) is 0 Å². The lowest BCUT2D eigenvalue weighted by Crippen LogP contribution is -2.16. The van der Waals surface area contributed by atoms with Gasteiger partial charge in [-0.3, -0.25) is 0 Å². The molecule has 2 aromatic rings. The van der Waals surface area contributed by atoms with Gasteiger partial charge in [0.25, 0.3) is 0 Å². The summed E-state index contributed by atoms with van der Waals surface area (Å²) in [5.41, 5.74) is 3.64. The zero-order chi connectivity index (χ0) is 15.5. The zero-order valence-corrected chi connectivity index (χ0v) is 13.6. The largest absolute Gasteiger partial charge is 0.367 e. The number of anilines is 3. The number of hydrogen-bond acceptors (Lipinski definition) is 4. The van der Waals surface area contributed by atoms with Gasteiger partial charge in [0, 0.05) is 17.8 Å². The van der Waals surface area contributed by atoms with Crippen LogP contribution in [0, 0.1) is 20.8 Å². The van der Waals surface area contributed by atoms with Gasteiger partial charge in [-0.15, -0.1) is 0 Å². The van der Waals surface area contributed by atoms with Gasteiger partial charge in [0.1, 0.15) is 17.5 Å². The molecule has 0 bridgehead atoms. The summed E-state index contributed by atoms with van der Waals surface area (Å²) in [6.07, 6.45) is 5.11. The molecule has 1 heterocycles. The summed E-state index contributed by atoms with van der Waals surface area (Å²) < 4.78 is 0. The Morgan fingerprint density at radius 2 is 1.64 bits per heavy atom. The smallest absolute Gasteiger partial charge is 0.136 e. The Hall–Kier alpha value is -2.10. The third-order valence-electron chi connectivity index (χ3n) is 4.32. The quantitative estimate of drug-likeness (QED) is 0.872. The first-order valence-corrected chi connectivity index (χ1v) is 8.06. The van der Waals surface area contributed by atoms with E-state index < -0.39 is 0 Å². The van der Waals surface area contributed by atoms with Gasteiger partial charge in [0.05, 0.1) is 0 Å². The fraction of sp³-hybridized carbons (Fsp3) is 0.444. The van der Waals surface area contributed by atoms with Crippen molar-refractivity contribution in [3.05, 3.63) is 41.2 Å². The second-order valence-corrected chi connectivity index (χ2v) is 6.24. The maximum absolute atomic E-state index is 4.51. The highest BCUT2D eigenvalue weighted by Crippen LogP contribution is 2.24. The van der Waals surface area contributed by atoms with E-state index >= 15 is 0 Å². The van der Waals surface area contributed by atoms with Crippen molar-refractivity contribution in [3.63, 3.8) is 0 Å². The molecule has 4 heteroatoms. The summed E-state index contributed by atoms with van der Waals surface area (Å²) >= 11 is 0. The summed E-state index contributed by atoms with van der Waals surface area (Å²) in [4.78, 5) is 9.00. The molecule has 116 valence electrons. The van der Waals surface area contributed by atoms with E-state index in [4.69, 9.17) is 0 Å². The first-order chi connectivity index (χ1) is 10.6. The van der Waals surface area contributed by atoms with Gasteiger partial charge in [-0.25, -0.2) is 9.97 Å². The zero-order valence-electron chi connectivity index (χ0n) is 13.6. The van der Waals surface area contributed by atoms with Crippen LogP contribution in [-0.4, -0.2) is 16.0 Å². The molecule has 2 N–H and O–H groups in total.